The maximum Gasteiger partial charge on any atom is 0.257 e. The first-order valence-corrected chi connectivity index (χ1v) is 11.5. The number of aromatic nitrogens is 2. The second-order valence-electron chi connectivity index (χ2n) is 8.27. The van der Waals surface area contributed by atoms with Crippen molar-refractivity contribution in [3.8, 4) is 10.4 Å². The summed E-state index contributed by atoms with van der Waals surface area (Å²) in [5.74, 6) is -0.0624. The number of aryl methyl sites for hydroxylation is 1. The molecule has 1 atom stereocenters. The lowest BCUT2D eigenvalue weighted by Crippen LogP contribution is -2.54. The second kappa shape index (κ2) is 9.08. The number of hydrogen-bond acceptors (Lipinski definition) is 6. The number of anilines is 1. The van der Waals surface area contributed by atoms with Crippen LogP contribution in [0, 0.1) is 12.3 Å². The third-order valence-corrected chi connectivity index (χ3v) is 7.00. The number of rotatable bonds is 5. The molecule has 1 saturated heterocycles. The molecule has 1 unspecified atom stereocenters. The Bertz CT molecular complexity index is 1130. The molecule has 2 amide bonds. The summed E-state index contributed by atoms with van der Waals surface area (Å²) < 4.78 is 0. The van der Waals surface area contributed by atoms with Crippen LogP contribution < -0.4 is 11.1 Å². The van der Waals surface area contributed by atoms with Gasteiger partial charge in [-0.2, -0.15) is 0 Å². The Kier molecular flexibility index (Phi) is 6.23. The molecule has 3 aromatic rings. The molecule has 1 fully saturated rings. The zero-order chi connectivity index (χ0) is 22.7. The Morgan fingerprint density at radius 3 is 2.84 bits per heavy atom. The van der Waals surface area contributed by atoms with Crippen LogP contribution in [0.5, 0.6) is 0 Å². The summed E-state index contributed by atoms with van der Waals surface area (Å²) in [5.41, 5.74) is 8.14. The van der Waals surface area contributed by atoms with Crippen molar-refractivity contribution in [2.75, 3.05) is 25.9 Å². The summed E-state index contributed by atoms with van der Waals surface area (Å²) in [6.07, 6.45) is 3.50. The average molecular weight is 450 g/mol. The first-order chi connectivity index (χ1) is 15.4. The smallest absolute Gasteiger partial charge is 0.257 e. The lowest BCUT2D eigenvalue weighted by molar-refractivity contribution is -0.133. The van der Waals surface area contributed by atoms with Crippen molar-refractivity contribution in [1.82, 2.24) is 20.2 Å². The quantitative estimate of drug-likeness (QED) is 0.622. The lowest BCUT2D eigenvalue weighted by atomic mass is 9.74. The maximum atomic E-state index is 13.3. The fraction of sp³-hybridized carbons (Fsp3) is 0.333. The van der Waals surface area contributed by atoms with Crippen LogP contribution in [0.25, 0.3) is 10.4 Å². The number of hydrogen-bond donors (Lipinski definition) is 2. The van der Waals surface area contributed by atoms with E-state index < -0.39 is 5.41 Å². The zero-order valence-electron chi connectivity index (χ0n) is 18.3. The molecular formula is C24H27N5O2S. The first-order valence-electron chi connectivity index (χ1n) is 10.7. The van der Waals surface area contributed by atoms with Crippen LogP contribution in [0.4, 0.5) is 5.95 Å². The number of likely N-dealkylation sites (tertiary alicyclic amines) is 1. The SMILES string of the molecule is CNC(=O)C1(Cc2cccc(-c3cccs3)c2)CCCN(C(=O)c2cnc(N)nc2C)C1. The summed E-state index contributed by atoms with van der Waals surface area (Å²) in [7, 11) is 1.66. The van der Waals surface area contributed by atoms with Crippen LogP contribution in [-0.2, 0) is 11.2 Å². The van der Waals surface area contributed by atoms with E-state index in [1.54, 1.807) is 30.2 Å². The topological polar surface area (TPSA) is 101 Å². The molecule has 0 aliphatic carbocycles. The van der Waals surface area contributed by atoms with E-state index in [0.29, 0.717) is 30.8 Å². The molecule has 4 rings (SSSR count). The highest BCUT2D eigenvalue weighted by Crippen LogP contribution is 2.36. The fourth-order valence-electron chi connectivity index (χ4n) is 4.51. The number of nitrogen functional groups attached to an aromatic ring is 1. The summed E-state index contributed by atoms with van der Waals surface area (Å²) in [4.78, 5) is 37.5. The van der Waals surface area contributed by atoms with Crippen molar-refractivity contribution in [3.63, 3.8) is 0 Å². The largest absolute Gasteiger partial charge is 0.368 e. The minimum Gasteiger partial charge on any atom is -0.368 e. The van der Waals surface area contributed by atoms with Crippen molar-refractivity contribution in [2.45, 2.75) is 26.2 Å². The van der Waals surface area contributed by atoms with Crippen molar-refractivity contribution < 1.29 is 9.59 Å². The van der Waals surface area contributed by atoms with Gasteiger partial charge in [0.05, 0.1) is 16.7 Å². The molecule has 8 heteroatoms. The van der Waals surface area contributed by atoms with Gasteiger partial charge in [0.2, 0.25) is 11.9 Å². The second-order valence-corrected chi connectivity index (χ2v) is 9.22. The van der Waals surface area contributed by atoms with E-state index in [9.17, 15) is 9.59 Å². The minimum atomic E-state index is -0.695. The molecule has 1 aliphatic rings. The number of carbonyl (C=O) groups is 2. The van der Waals surface area contributed by atoms with E-state index in [-0.39, 0.29) is 17.8 Å². The van der Waals surface area contributed by atoms with Crippen LogP contribution in [-0.4, -0.2) is 46.8 Å². The summed E-state index contributed by atoms with van der Waals surface area (Å²) >= 11 is 1.69. The molecule has 1 aromatic carbocycles. The minimum absolute atomic E-state index is 0.0400. The number of amides is 2. The standard InChI is InChI=1S/C24H27N5O2S/c1-16-19(14-27-23(25)28-16)21(30)29-10-5-9-24(15-29,22(31)26-2)13-17-6-3-7-18(12-17)20-8-4-11-32-20/h3-4,6-8,11-12,14H,5,9-10,13,15H2,1-2H3,(H,26,31)(H2,25,27,28). The van der Waals surface area contributed by atoms with Crippen molar-refractivity contribution in [3.05, 3.63) is 64.8 Å². The van der Waals surface area contributed by atoms with Gasteiger partial charge in [-0.1, -0.05) is 30.3 Å². The maximum absolute atomic E-state index is 13.3. The van der Waals surface area contributed by atoms with E-state index in [1.807, 2.05) is 12.1 Å². The average Bonchev–Trinajstić information content (AvgIpc) is 3.33. The van der Waals surface area contributed by atoms with E-state index in [0.717, 1.165) is 24.0 Å². The lowest BCUT2D eigenvalue weighted by Gasteiger charge is -2.41. The molecule has 1 aliphatic heterocycles. The molecule has 3 heterocycles. The summed E-state index contributed by atoms with van der Waals surface area (Å²) in [6, 6.07) is 12.4. The number of benzene rings is 1. The number of piperidine rings is 1. The van der Waals surface area contributed by atoms with E-state index >= 15 is 0 Å². The molecule has 2 aromatic heterocycles. The molecule has 166 valence electrons. The molecule has 0 radical (unpaired) electrons. The van der Waals surface area contributed by atoms with Gasteiger partial charge in [-0.25, -0.2) is 9.97 Å². The number of nitrogens with two attached hydrogens (primary N) is 1. The van der Waals surface area contributed by atoms with Crippen LogP contribution in [0.3, 0.4) is 0 Å². The highest BCUT2D eigenvalue weighted by Gasteiger charge is 2.43. The van der Waals surface area contributed by atoms with Gasteiger partial charge >= 0.3 is 0 Å². The van der Waals surface area contributed by atoms with E-state index in [1.165, 1.54) is 11.1 Å². The van der Waals surface area contributed by atoms with Gasteiger partial charge in [0, 0.05) is 31.2 Å². The Balaban J connectivity index is 1.62. The molecule has 0 bridgehead atoms. The van der Waals surface area contributed by atoms with Gasteiger partial charge in [-0.15, -0.1) is 11.3 Å². The van der Waals surface area contributed by atoms with Crippen molar-refractivity contribution in [1.29, 1.82) is 0 Å². The van der Waals surface area contributed by atoms with Gasteiger partial charge in [0.1, 0.15) is 0 Å². The van der Waals surface area contributed by atoms with E-state index in [4.69, 9.17) is 5.73 Å². The van der Waals surface area contributed by atoms with Gasteiger partial charge in [0.25, 0.3) is 5.91 Å². The highest BCUT2D eigenvalue weighted by molar-refractivity contribution is 7.13. The Morgan fingerprint density at radius 2 is 2.12 bits per heavy atom. The molecular weight excluding hydrogens is 422 g/mol. The third kappa shape index (κ3) is 4.36. The number of thiophene rings is 1. The third-order valence-electron chi connectivity index (χ3n) is 6.08. The highest BCUT2D eigenvalue weighted by atomic mass is 32.1. The Hall–Kier alpha value is -3.26. The van der Waals surface area contributed by atoms with Crippen LogP contribution in [0.1, 0.15) is 34.5 Å². The summed E-state index contributed by atoms with van der Waals surface area (Å²) in [6.45, 7) is 2.69. The van der Waals surface area contributed by atoms with E-state index in [2.05, 4.69) is 44.9 Å². The molecule has 3 N–H and O–H groups in total. The molecule has 0 spiro atoms. The van der Waals surface area contributed by atoms with Crippen molar-refractivity contribution >= 4 is 29.1 Å². The predicted octanol–water partition coefficient (Wildman–Crippen LogP) is 3.31. The molecule has 0 saturated carbocycles. The van der Waals surface area contributed by atoms with Crippen LogP contribution in [0.2, 0.25) is 0 Å². The first kappa shape index (κ1) is 22.0. The van der Waals surface area contributed by atoms with Gasteiger partial charge < -0.3 is 16.0 Å². The monoisotopic (exact) mass is 449 g/mol. The van der Waals surface area contributed by atoms with Gasteiger partial charge in [0.15, 0.2) is 0 Å². The number of nitrogens with zero attached hydrogens (tertiary/aromatic N) is 3. The summed E-state index contributed by atoms with van der Waals surface area (Å²) in [5, 5.41) is 4.90. The Morgan fingerprint density at radius 1 is 1.28 bits per heavy atom. The van der Waals surface area contributed by atoms with Gasteiger partial charge in [-0.3, -0.25) is 9.59 Å². The fourth-order valence-corrected chi connectivity index (χ4v) is 5.24. The zero-order valence-corrected chi connectivity index (χ0v) is 19.1. The normalized spacial score (nSPS) is 18.4. The number of carbonyl (C=O) groups excluding carboxylic acids is 2. The Labute approximate surface area is 191 Å². The molecule has 7 nitrogen and oxygen atoms in total. The van der Waals surface area contributed by atoms with Crippen molar-refractivity contribution in [2.24, 2.45) is 5.41 Å². The number of nitrogens with one attached hydrogen (secondary N) is 1. The molecule has 32 heavy (non-hydrogen) atoms. The van der Waals surface area contributed by atoms with Gasteiger partial charge in [-0.05, 0) is 48.8 Å². The van der Waals surface area contributed by atoms with Crippen LogP contribution in [0.15, 0.2) is 48.0 Å². The van der Waals surface area contributed by atoms with Crippen LogP contribution >= 0.6 is 11.3 Å². The predicted molar refractivity (Wildman–Crippen MR) is 126 cm³/mol.